The smallest absolute Gasteiger partial charge is 0.247 e. The van der Waals surface area contributed by atoms with Crippen LogP contribution in [0.15, 0.2) is 103 Å². The van der Waals surface area contributed by atoms with Crippen LogP contribution in [0.1, 0.15) is 22.7 Å². The van der Waals surface area contributed by atoms with Gasteiger partial charge < -0.3 is 10.6 Å². The van der Waals surface area contributed by atoms with Gasteiger partial charge in [0, 0.05) is 18.3 Å². The van der Waals surface area contributed by atoms with Crippen LogP contribution in [0.5, 0.6) is 0 Å². The van der Waals surface area contributed by atoms with Gasteiger partial charge in [-0.2, -0.15) is 5.26 Å². The van der Waals surface area contributed by atoms with E-state index in [-0.39, 0.29) is 5.91 Å². The number of carbonyl (C=O) groups is 1. The van der Waals surface area contributed by atoms with E-state index in [2.05, 4.69) is 21.7 Å². The number of nitrogens with zero attached hydrogens (tertiary/aromatic N) is 2. The summed E-state index contributed by atoms with van der Waals surface area (Å²) in [6.45, 7) is 0.610. The number of hydrogen-bond acceptors (Lipinski definition) is 4. The molecule has 0 aliphatic carbocycles. The lowest BCUT2D eigenvalue weighted by atomic mass is 10.0. The molecule has 0 saturated heterocycles. The molecule has 0 bridgehead atoms. The molecule has 0 fully saturated rings. The van der Waals surface area contributed by atoms with E-state index in [0.29, 0.717) is 17.9 Å². The number of carbonyl (C=O) groups excluding carboxylic acids is 1. The van der Waals surface area contributed by atoms with E-state index < -0.39 is 6.04 Å². The number of pyridine rings is 1. The molecule has 1 heterocycles. The van der Waals surface area contributed by atoms with Crippen LogP contribution in [-0.4, -0.2) is 17.4 Å². The molecule has 1 atom stereocenters. The normalized spacial score (nSPS) is 11.4. The van der Waals surface area contributed by atoms with Crippen LogP contribution >= 0.6 is 0 Å². The molecule has 162 valence electrons. The fourth-order valence-electron chi connectivity index (χ4n) is 3.58. The standard InChI is InChI=1S/C28H24N4O/c29-19-22-13-11-21(12-14-22)17-18-30-27(24-9-5-2-6-10-24)28(33)32-26-16-15-25(20-31-26)23-7-3-1-4-8-23/h1-16,20,27,30H,17-18H2,(H,31,32,33). The van der Waals surface area contributed by atoms with Crippen LogP contribution < -0.4 is 10.6 Å². The van der Waals surface area contributed by atoms with Crippen LogP contribution in [-0.2, 0) is 11.2 Å². The van der Waals surface area contributed by atoms with Gasteiger partial charge in [-0.25, -0.2) is 4.98 Å². The lowest BCUT2D eigenvalue weighted by Crippen LogP contribution is -2.34. The first-order chi connectivity index (χ1) is 16.2. The van der Waals surface area contributed by atoms with Crippen molar-refractivity contribution in [2.45, 2.75) is 12.5 Å². The maximum Gasteiger partial charge on any atom is 0.247 e. The van der Waals surface area contributed by atoms with Gasteiger partial charge in [0.1, 0.15) is 11.9 Å². The number of rotatable bonds is 8. The molecule has 4 aromatic rings. The second kappa shape index (κ2) is 10.9. The van der Waals surface area contributed by atoms with Gasteiger partial charge in [-0.1, -0.05) is 72.8 Å². The average molecular weight is 433 g/mol. The molecule has 0 spiro atoms. The number of nitriles is 1. The minimum absolute atomic E-state index is 0.166. The molecule has 0 saturated carbocycles. The fraction of sp³-hybridized carbons (Fsp3) is 0.107. The Morgan fingerprint density at radius 3 is 2.18 bits per heavy atom. The Labute approximate surface area is 193 Å². The highest BCUT2D eigenvalue weighted by atomic mass is 16.2. The summed E-state index contributed by atoms with van der Waals surface area (Å²) in [5.74, 6) is 0.343. The second-order valence-corrected chi connectivity index (χ2v) is 7.64. The molecule has 0 aliphatic rings. The third kappa shape index (κ3) is 5.91. The zero-order chi connectivity index (χ0) is 22.9. The minimum Gasteiger partial charge on any atom is -0.309 e. The first-order valence-electron chi connectivity index (χ1n) is 10.8. The summed E-state index contributed by atoms with van der Waals surface area (Å²) in [7, 11) is 0. The zero-order valence-electron chi connectivity index (χ0n) is 18.1. The van der Waals surface area contributed by atoms with Gasteiger partial charge in [-0.3, -0.25) is 4.79 Å². The van der Waals surface area contributed by atoms with E-state index in [9.17, 15) is 4.79 Å². The Balaban J connectivity index is 1.43. The van der Waals surface area contributed by atoms with E-state index >= 15 is 0 Å². The van der Waals surface area contributed by atoms with Crippen molar-refractivity contribution in [3.8, 4) is 17.2 Å². The summed E-state index contributed by atoms with van der Waals surface area (Å²) in [4.78, 5) is 17.6. The quantitative estimate of drug-likeness (QED) is 0.404. The number of amides is 1. The summed E-state index contributed by atoms with van der Waals surface area (Å²) >= 11 is 0. The van der Waals surface area contributed by atoms with Gasteiger partial charge in [0.15, 0.2) is 0 Å². The van der Waals surface area contributed by atoms with Gasteiger partial charge in [-0.05, 0) is 47.4 Å². The van der Waals surface area contributed by atoms with E-state index in [4.69, 9.17) is 5.26 Å². The number of aromatic nitrogens is 1. The minimum atomic E-state index is -0.514. The summed E-state index contributed by atoms with van der Waals surface area (Å²) < 4.78 is 0. The predicted molar refractivity (Wildman–Crippen MR) is 130 cm³/mol. The molecule has 0 aliphatic heterocycles. The Bertz CT molecular complexity index is 1220. The van der Waals surface area contributed by atoms with Crippen molar-refractivity contribution in [3.05, 3.63) is 120 Å². The SMILES string of the molecule is N#Cc1ccc(CCNC(C(=O)Nc2ccc(-c3ccccc3)cn2)c2ccccc2)cc1. The Morgan fingerprint density at radius 1 is 0.848 bits per heavy atom. The molecule has 0 radical (unpaired) electrons. The number of nitrogens with one attached hydrogen (secondary N) is 2. The molecular formula is C28H24N4O. The third-order valence-electron chi connectivity index (χ3n) is 5.36. The van der Waals surface area contributed by atoms with Gasteiger partial charge >= 0.3 is 0 Å². The molecule has 3 aromatic carbocycles. The largest absolute Gasteiger partial charge is 0.309 e. The molecule has 2 N–H and O–H groups in total. The van der Waals surface area contributed by atoms with E-state index in [1.54, 1.807) is 6.20 Å². The van der Waals surface area contributed by atoms with E-state index in [0.717, 1.165) is 28.7 Å². The van der Waals surface area contributed by atoms with Crippen molar-refractivity contribution in [1.29, 1.82) is 5.26 Å². The van der Waals surface area contributed by atoms with E-state index in [1.807, 2.05) is 97.1 Å². The average Bonchev–Trinajstić information content (AvgIpc) is 2.88. The third-order valence-corrected chi connectivity index (χ3v) is 5.36. The molecular weight excluding hydrogens is 408 g/mol. The topological polar surface area (TPSA) is 77.8 Å². The second-order valence-electron chi connectivity index (χ2n) is 7.64. The molecule has 1 aromatic heterocycles. The van der Waals surface area contributed by atoms with Crippen molar-refractivity contribution in [1.82, 2.24) is 10.3 Å². The maximum atomic E-state index is 13.1. The van der Waals surface area contributed by atoms with Crippen LogP contribution in [0.2, 0.25) is 0 Å². The van der Waals surface area contributed by atoms with Crippen molar-refractivity contribution in [2.75, 3.05) is 11.9 Å². The number of anilines is 1. The lowest BCUT2D eigenvalue weighted by molar-refractivity contribution is -0.118. The zero-order valence-corrected chi connectivity index (χ0v) is 18.1. The molecule has 4 rings (SSSR count). The first kappa shape index (κ1) is 21.9. The Kier molecular flexibility index (Phi) is 7.22. The summed E-state index contributed by atoms with van der Waals surface area (Å²) in [6, 6.07) is 32.5. The number of benzene rings is 3. The molecule has 1 amide bonds. The monoisotopic (exact) mass is 432 g/mol. The molecule has 5 heteroatoms. The molecule has 33 heavy (non-hydrogen) atoms. The van der Waals surface area contributed by atoms with Crippen LogP contribution in [0, 0.1) is 11.3 Å². The van der Waals surface area contributed by atoms with Crippen molar-refractivity contribution in [2.24, 2.45) is 0 Å². The highest BCUT2D eigenvalue weighted by Gasteiger charge is 2.20. The fourth-order valence-corrected chi connectivity index (χ4v) is 3.58. The van der Waals surface area contributed by atoms with Crippen molar-refractivity contribution < 1.29 is 4.79 Å². The van der Waals surface area contributed by atoms with Crippen LogP contribution in [0.3, 0.4) is 0 Å². The van der Waals surface area contributed by atoms with Crippen molar-refractivity contribution in [3.63, 3.8) is 0 Å². The van der Waals surface area contributed by atoms with Gasteiger partial charge in [-0.15, -0.1) is 0 Å². The van der Waals surface area contributed by atoms with Gasteiger partial charge in [0.2, 0.25) is 5.91 Å². The summed E-state index contributed by atoms with van der Waals surface area (Å²) in [5.41, 5.74) is 4.70. The summed E-state index contributed by atoms with van der Waals surface area (Å²) in [5, 5.41) is 15.2. The van der Waals surface area contributed by atoms with Crippen molar-refractivity contribution >= 4 is 11.7 Å². The maximum absolute atomic E-state index is 13.1. The summed E-state index contributed by atoms with van der Waals surface area (Å²) in [6.07, 6.45) is 2.51. The van der Waals surface area contributed by atoms with Crippen LogP contribution in [0.25, 0.3) is 11.1 Å². The highest BCUT2D eigenvalue weighted by Crippen LogP contribution is 2.20. The predicted octanol–water partition coefficient (Wildman–Crippen LogP) is 5.13. The number of hydrogen-bond donors (Lipinski definition) is 2. The Morgan fingerprint density at radius 2 is 1.55 bits per heavy atom. The van der Waals surface area contributed by atoms with Gasteiger partial charge in [0.25, 0.3) is 0 Å². The lowest BCUT2D eigenvalue weighted by Gasteiger charge is -2.19. The Hall–Kier alpha value is -4.27. The van der Waals surface area contributed by atoms with Crippen LogP contribution in [0.4, 0.5) is 5.82 Å². The van der Waals surface area contributed by atoms with E-state index in [1.165, 1.54) is 0 Å². The molecule has 1 unspecified atom stereocenters. The molecule has 5 nitrogen and oxygen atoms in total. The first-order valence-corrected chi connectivity index (χ1v) is 10.8. The van der Waals surface area contributed by atoms with Gasteiger partial charge in [0.05, 0.1) is 11.6 Å². The highest BCUT2D eigenvalue weighted by molar-refractivity contribution is 5.95.